The van der Waals surface area contributed by atoms with Gasteiger partial charge in [-0.05, 0) is 48.6 Å². The molecule has 3 aromatic rings. The van der Waals surface area contributed by atoms with Crippen LogP contribution < -0.4 is 14.8 Å². The normalized spacial score (nSPS) is 12.3. The van der Waals surface area contributed by atoms with Gasteiger partial charge >= 0.3 is 5.97 Å². The number of sulfonamides is 1. The predicted octanol–water partition coefficient (Wildman–Crippen LogP) is 2.07. The molecule has 1 amide bonds. The molecule has 11 heteroatoms. The molecule has 0 heterocycles. The van der Waals surface area contributed by atoms with Crippen LogP contribution in [-0.2, 0) is 26.0 Å². The summed E-state index contributed by atoms with van der Waals surface area (Å²) < 4.78 is 33.6. The third-order valence-corrected chi connectivity index (χ3v) is 7.27. The topological polar surface area (TPSA) is 142 Å². The minimum Gasteiger partial charge on any atom is -0.492 e. The molecule has 0 saturated carbocycles. The van der Waals surface area contributed by atoms with Crippen molar-refractivity contribution in [2.45, 2.75) is 23.8 Å². The quantitative estimate of drug-likeness (QED) is 0.263. The number of para-hydroxylation sites is 1. The number of amides is 1. The van der Waals surface area contributed by atoms with E-state index in [2.05, 4.69) is 10.0 Å². The molecule has 0 spiro atoms. The molecule has 0 aliphatic heterocycles. The van der Waals surface area contributed by atoms with E-state index in [0.717, 1.165) is 22.9 Å². The molecule has 1 unspecified atom stereocenters. The van der Waals surface area contributed by atoms with Crippen molar-refractivity contribution in [1.82, 2.24) is 14.9 Å². The molecule has 10 nitrogen and oxygen atoms in total. The van der Waals surface area contributed by atoms with Gasteiger partial charge in [-0.2, -0.15) is 0 Å². The third kappa shape index (κ3) is 7.60. The highest BCUT2D eigenvalue weighted by Crippen LogP contribution is 2.26. The number of nitrogens with zero attached hydrogens (tertiary/aromatic N) is 1. The average molecular weight is 542 g/mol. The Morgan fingerprint density at radius 1 is 1.03 bits per heavy atom. The fourth-order valence-corrected chi connectivity index (χ4v) is 5.21. The lowest BCUT2D eigenvalue weighted by molar-refractivity contribution is -0.138. The highest BCUT2D eigenvalue weighted by atomic mass is 32.2. The van der Waals surface area contributed by atoms with Crippen molar-refractivity contribution < 1.29 is 32.6 Å². The number of hydrogen-bond acceptors (Lipinski definition) is 7. The fraction of sp³-hybridized carbons (Fsp3) is 0.296. The summed E-state index contributed by atoms with van der Waals surface area (Å²) in [6, 6.07) is 15.7. The number of aliphatic carboxylic acids is 1. The predicted molar refractivity (Wildman–Crippen MR) is 143 cm³/mol. The Bertz CT molecular complexity index is 1410. The van der Waals surface area contributed by atoms with Crippen LogP contribution in [0.5, 0.6) is 5.75 Å². The van der Waals surface area contributed by atoms with E-state index in [1.54, 1.807) is 12.1 Å². The molecule has 3 aromatic carbocycles. The molecule has 1 atom stereocenters. The highest BCUT2D eigenvalue weighted by Gasteiger charge is 2.25. The fourth-order valence-electron chi connectivity index (χ4n) is 3.90. The van der Waals surface area contributed by atoms with Gasteiger partial charge in [0.1, 0.15) is 16.9 Å². The molecule has 38 heavy (non-hydrogen) atoms. The van der Waals surface area contributed by atoms with Crippen molar-refractivity contribution in [2.24, 2.45) is 0 Å². The van der Waals surface area contributed by atoms with Crippen LogP contribution in [0.2, 0.25) is 0 Å². The molecule has 3 N–H and O–H groups in total. The first-order valence-corrected chi connectivity index (χ1v) is 13.5. The maximum atomic E-state index is 12.8. The Morgan fingerprint density at radius 3 is 2.39 bits per heavy atom. The van der Waals surface area contributed by atoms with Gasteiger partial charge in [0.2, 0.25) is 10.0 Å². The second-order valence-corrected chi connectivity index (χ2v) is 10.6. The highest BCUT2D eigenvalue weighted by molar-refractivity contribution is 7.89. The van der Waals surface area contributed by atoms with Crippen LogP contribution in [0.1, 0.15) is 22.3 Å². The molecule has 0 aliphatic rings. The number of aldehydes is 1. The van der Waals surface area contributed by atoms with Crippen LogP contribution in [0.3, 0.4) is 0 Å². The number of rotatable bonds is 14. The lowest BCUT2D eigenvalue weighted by atomic mass is 9.97. The first kappa shape index (κ1) is 28.8. The van der Waals surface area contributed by atoms with Gasteiger partial charge in [0.05, 0.1) is 19.1 Å². The van der Waals surface area contributed by atoms with Gasteiger partial charge in [-0.3, -0.25) is 9.59 Å². The Hall–Kier alpha value is -3.80. The number of carboxylic acids is 1. The van der Waals surface area contributed by atoms with E-state index < -0.39 is 28.5 Å². The van der Waals surface area contributed by atoms with E-state index in [9.17, 15) is 22.8 Å². The Morgan fingerprint density at radius 2 is 1.71 bits per heavy atom. The number of carboxylic acid groups (broad SMARTS) is 1. The van der Waals surface area contributed by atoms with Crippen LogP contribution in [0, 0.1) is 0 Å². The number of nitrogens with one attached hydrogen (secondary N) is 2. The van der Waals surface area contributed by atoms with E-state index in [4.69, 9.17) is 9.84 Å². The first-order valence-electron chi connectivity index (χ1n) is 12.0. The van der Waals surface area contributed by atoms with Crippen molar-refractivity contribution in [3.8, 4) is 5.75 Å². The van der Waals surface area contributed by atoms with Gasteiger partial charge in [0, 0.05) is 25.1 Å². The zero-order valence-electron chi connectivity index (χ0n) is 21.2. The molecule has 0 saturated heterocycles. The zero-order valence-corrected chi connectivity index (χ0v) is 22.0. The van der Waals surface area contributed by atoms with Gasteiger partial charge < -0.3 is 24.9 Å². The summed E-state index contributed by atoms with van der Waals surface area (Å²) in [6.07, 6.45) is -0.00421. The molecule has 0 aromatic heterocycles. The summed E-state index contributed by atoms with van der Waals surface area (Å²) in [7, 11) is -0.354. The smallest absolute Gasteiger partial charge is 0.305 e. The molecule has 3 rings (SSSR count). The number of benzene rings is 3. The van der Waals surface area contributed by atoms with E-state index in [1.807, 2.05) is 49.3 Å². The molecular formula is C27H31N3O7S. The van der Waals surface area contributed by atoms with Gasteiger partial charge in [-0.25, -0.2) is 13.1 Å². The standard InChI is InChI=1S/C27H31N3O7S/c1-30(2)15-14-28-27(34)23-12-11-19(21-7-3-4-8-22(21)23)13-16-37-24-9-5-6-10-25(24)38(35,36)29-20(18-31)17-26(32)33/h3-12,18,20,29H,13-17H2,1-2H3,(H,28,34)(H,32,33). The minimum absolute atomic E-state index is 0.0705. The second-order valence-electron chi connectivity index (χ2n) is 8.88. The summed E-state index contributed by atoms with van der Waals surface area (Å²) in [6.45, 7) is 1.38. The molecule has 0 fully saturated rings. The van der Waals surface area contributed by atoms with Gasteiger partial charge in [0.25, 0.3) is 5.91 Å². The number of carbonyl (C=O) groups is 3. The molecule has 0 bridgehead atoms. The average Bonchev–Trinajstić information content (AvgIpc) is 2.87. The Balaban J connectivity index is 1.75. The van der Waals surface area contributed by atoms with Crippen LogP contribution >= 0.6 is 0 Å². The zero-order chi connectivity index (χ0) is 27.7. The molecule has 0 aliphatic carbocycles. The van der Waals surface area contributed by atoms with Crippen molar-refractivity contribution in [2.75, 3.05) is 33.8 Å². The SMILES string of the molecule is CN(C)CCNC(=O)c1ccc(CCOc2ccccc2S(=O)(=O)NC(C=O)CC(=O)O)c2ccccc12. The number of fused-ring (bicyclic) bond motifs is 1. The number of likely N-dealkylation sites (N-methyl/N-ethyl adjacent to an activating group) is 1. The van der Waals surface area contributed by atoms with E-state index in [1.165, 1.54) is 18.2 Å². The van der Waals surface area contributed by atoms with Crippen LogP contribution in [0.4, 0.5) is 0 Å². The number of carbonyl (C=O) groups excluding carboxylic acids is 2. The first-order chi connectivity index (χ1) is 18.1. The number of ether oxygens (including phenoxy) is 1. The van der Waals surface area contributed by atoms with Gasteiger partial charge in [-0.1, -0.05) is 42.5 Å². The largest absolute Gasteiger partial charge is 0.492 e. The van der Waals surface area contributed by atoms with Crippen molar-refractivity contribution in [1.29, 1.82) is 0 Å². The van der Waals surface area contributed by atoms with Crippen LogP contribution in [-0.4, -0.2) is 76.4 Å². The lowest BCUT2D eigenvalue weighted by Gasteiger charge is -2.16. The monoisotopic (exact) mass is 541 g/mol. The summed E-state index contributed by atoms with van der Waals surface area (Å²) in [5.41, 5.74) is 1.49. The minimum atomic E-state index is -4.22. The Labute approximate surface area is 221 Å². The van der Waals surface area contributed by atoms with E-state index in [-0.39, 0.29) is 29.4 Å². The lowest BCUT2D eigenvalue weighted by Crippen LogP contribution is -2.37. The Kier molecular flexibility index (Phi) is 9.94. The molecule has 202 valence electrons. The molecule has 0 radical (unpaired) electrons. The summed E-state index contributed by atoms with van der Waals surface area (Å²) in [5.74, 6) is -1.39. The van der Waals surface area contributed by atoms with Gasteiger partial charge in [-0.15, -0.1) is 0 Å². The maximum Gasteiger partial charge on any atom is 0.305 e. The summed E-state index contributed by atoms with van der Waals surface area (Å²) in [4.78, 5) is 36.6. The van der Waals surface area contributed by atoms with Crippen molar-refractivity contribution in [3.63, 3.8) is 0 Å². The van der Waals surface area contributed by atoms with Gasteiger partial charge in [0.15, 0.2) is 0 Å². The van der Waals surface area contributed by atoms with Crippen molar-refractivity contribution in [3.05, 3.63) is 71.8 Å². The summed E-state index contributed by atoms with van der Waals surface area (Å²) in [5, 5.41) is 13.5. The second kappa shape index (κ2) is 13.1. The van der Waals surface area contributed by atoms with E-state index in [0.29, 0.717) is 18.5 Å². The van der Waals surface area contributed by atoms with Crippen molar-refractivity contribution >= 4 is 39.0 Å². The molecular weight excluding hydrogens is 510 g/mol. The number of hydrogen-bond donors (Lipinski definition) is 3. The maximum absolute atomic E-state index is 12.8. The third-order valence-electron chi connectivity index (χ3n) is 5.74. The van der Waals surface area contributed by atoms with E-state index >= 15 is 0 Å². The summed E-state index contributed by atoms with van der Waals surface area (Å²) >= 11 is 0. The van der Waals surface area contributed by atoms with Crippen LogP contribution in [0.25, 0.3) is 10.8 Å². The van der Waals surface area contributed by atoms with Crippen LogP contribution in [0.15, 0.2) is 65.6 Å².